The summed E-state index contributed by atoms with van der Waals surface area (Å²) in [7, 11) is 1.61. The third-order valence-electron chi connectivity index (χ3n) is 6.72. The first-order valence-corrected chi connectivity index (χ1v) is 13.0. The minimum absolute atomic E-state index is 0.142. The molecule has 0 saturated carbocycles. The van der Waals surface area contributed by atoms with E-state index in [2.05, 4.69) is 10.6 Å². The Hall–Kier alpha value is -5.03. The molecule has 4 rings (SSSR count). The smallest absolute Gasteiger partial charge is 0.267 e. The number of amides is 5. The summed E-state index contributed by atoms with van der Waals surface area (Å²) in [6, 6.07) is 20.6. The maximum atomic E-state index is 12.5. The van der Waals surface area contributed by atoms with E-state index in [0.717, 1.165) is 27.3 Å². The predicted molar refractivity (Wildman–Crippen MR) is 148 cm³/mol. The maximum Gasteiger partial charge on any atom is 0.267 e. The third-order valence-corrected chi connectivity index (χ3v) is 6.72. The van der Waals surface area contributed by atoms with Crippen LogP contribution in [0.1, 0.15) is 39.1 Å². The number of hydrogen-bond donors (Lipinski definition) is 4. The highest BCUT2D eigenvalue weighted by atomic mass is 16.5. The molecule has 1 heterocycles. The van der Waals surface area contributed by atoms with Crippen LogP contribution in [0.15, 0.2) is 72.8 Å². The Labute approximate surface area is 236 Å². The summed E-state index contributed by atoms with van der Waals surface area (Å²) >= 11 is 0. The van der Waals surface area contributed by atoms with Gasteiger partial charge in [0.05, 0.1) is 18.2 Å². The van der Waals surface area contributed by atoms with E-state index in [4.69, 9.17) is 9.94 Å². The molecule has 0 saturated heterocycles. The molecule has 4 N–H and O–H groups in total. The summed E-state index contributed by atoms with van der Waals surface area (Å²) in [5.74, 6) is -2.12. The van der Waals surface area contributed by atoms with Crippen molar-refractivity contribution in [3.8, 4) is 16.9 Å². The van der Waals surface area contributed by atoms with E-state index in [9.17, 15) is 24.0 Å². The second-order valence-corrected chi connectivity index (χ2v) is 9.38. The van der Waals surface area contributed by atoms with Crippen molar-refractivity contribution in [2.24, 2.45) is 0 Å². The summed E-state index contributed by atoms with van der Waals surface area (Å²) in [4.78, 5) is 62.9. The quantitative estimate of drug-likeness (QED) is 0.151. The zero-order chi connectivity index (χ0) is 29.4. The van der Waals surface area contributed by atoms with Gasteiger partial charge in [0, 0.05) is 25.9 Å². The zero-order valence-electron chi connectivity index (χ0n) is 22.4. The number of methoxy groups -OCH3 is 1. The Bertz CT molecular complexity index is 1400. The van der Waals surface area contributed by atoms with Crippen molar-refractivity contribution >= 4 is 29.5 Å². The van der Waals surface area contributed by atoms with E-state index in [1.165, 1.54) is 17.6 Å². The van der Waals surface area contributed by atoms with Gasteiger partial charge in [-0.15, -0.1) is 0 Å². The molecule has 0 spiro atoms. The lowest BCUT2D eigenvalue weighted by Gasteiger charge is -2.19. The van der Waals surface area contributed by atoms with E-state index in [0.29, 0.717) is 6.42 Å². The van der Waals surface area contributed by atoms with Crippen molar-refractivity contribution in [1.82, 2.24) is 21.0 Å². The fraction of sp³-hybridized carbons (Fsp3) is 0.233. The number of ether oxygens (including phenoxy) is 1. The number of benzene rings is 3. The van der Waals surface area contributed by atoms with Gasteiger partial charge in [-0.3, -0.25) is 34.1 Å². The number of carbonyl (C=O) groups is 5. The van der Waals surface area contributed by atoms with E-state index in [-0.39, 0.29) is 43.0 Å². The van der Waals surface area contributed by atoms with Crippen LogP contribution in [0.4, 0.5) is 0 Å². The summed E-state index contributed by atoms with van der Waals surface area (Å²) in [6.07, 6.45) is 0.336. The highest BCUT2D eigenvalue weighted by Crippen LogP contribution is 2.24. The number of imide groups is 1. The number of hydrogen-bond acceptors (Lipinski definition) is 7. The molecule has 0 aromatic heterocycles. The van der Waals surface area contributed by atoms with Crippen LogP contribution in [0.5, 0.6) is 5.75 Å². The number of fused-ring (bicyclic) bond motifs is 1. The van der Waals surface area contributed by atoms with E-state index in [1.807, 2.05) is 48.5 Å². The Morgan fingerprint density at radius 2 is 1.41 bits per heavy atom. The summed E-state index contributed by atoms with van der Waals surface area (Å²) in [5.41, 5.74) is 5.02. The second kappa shape index (κ2) is 13.4. The SMILES string of the molecule is COc1ccc(-c2ccc(CCC(=O)NC[C@H](NC(=O)CCN3C(=O)c4ccccc4C3=O)C(=O)NO)cc2)cc1. The lowest BCUT2D eigenvalue weighted by atomic mass is 10.0. The Morgan fingerprint density at radius 3 is 1.98 bits per heavy atom. The first-order chi connectivity index (χ1) is 19.8. The molecule has 11 heteroatoms. The predicted octanol–water partition coefficient (Wildman–Crippen LogP) is 2.09. The van der Waals surface area contributed by atoms with Crippen LogP contribution in [-0.4, -0.2) is 65.9 Å². The van der Waals surface area contributed by atoms with Gasteiger partial charge in [-0.25, -0.2) is 5.48 Å². The first-order valence-electron chi connectivity index (χ1n) is 13.0. The molecule has 0 radical (unpaired) electrons. The van der Waals surface area contributed by atoms with Gasteiger partial charge in [0.25, 0.3) is 17.7 Å². The van der Waals surface area contributed by atoms with Gasteiger partial charge in [-0.1, -0.05) is 48.5 Å². The molecule has 11 nitrogen and oxygen atoms in total. The van der Waals surface area contributed by atoms with Gasteiger partial charge < -0.3 is 15.4 Å². The standard InChI is InChI=1S/C30H30N4O7/c1-41-22-13-11-21(12-14-22)20-9-6-19(7-10-20)8-15-26(35)31-18-25(28(37)33-40)32-27(36)16-17-34-29(38)23-4-2-3-5-24(23)30(34)39/h2-7,9-14,25,40H,8,15-18H2,1H3,(H,31,35)(H,32,36)(H,33,37)/t25-/m0/s1. The Morgan fingerprint density at radius 1 is 0.829 bits per heavy atom. The molecule has 5 amide bonds. The van der Waals surface area contributed by atoms with Crippen LogP contribution in [-0.2, 0) is 20.8 Å². The molecule has 212 valence electrons. The molecule has 3 aromatic carbocycles. The van der Waals surface area contributed by atoms with Crippen LogP contribution in [0, 0.1) is 0 Å². The average molecular weight is 559 g/mol. The van der Waals surface area contributed by atoms with E-state index < -0.39 is 29.7 Å². The minimum Gasteiger partial charge on any atom is -0.497 e. The number of aryl methyl sites for hydroxylation is 1. The number of hydroxylamine groups is 1. The molecular formula is C30H30N4O7. The van der Waals surface area contributed by atoms with Crippen LogP contribution < -0.4 is 20.9 Å². The molecule has 3 aromatic rings. The summed E-state index contributed by atoms with van der Waals surface area (Å²) in [5, 5.41) is 14.1. The lowest BCUT2D eigenvalue weighted by molar-refractivity contribution is -0.135. The molecule has 41 heavy (non-hydrogen) atoms. The summed E-state index contributed by atoms with van der Waals surface area (Å²) in [6.45, 7) is -0.449. The van der Waals surface area contributed by atoms with Crippen LogP contribution >= 0.6 is 0 Å². The number of carbonyl (C=O) groups excluding carboxylic acids is 5. The van der Waals surface area contributed by atoms with E-state index >= 15 is 0 Å². The third kappa shape index (κ3) is 7.14. The second-order valence-electron chi connectivity index (χ2n) is 9.38. The highest BCUT2D eigenvalue weighted by molar-refractivity contribution is 6.21. The highest BCUT2D eigenvalue weighted by Gasteiger charge is 2.35. The summed E-state index contributed by atoms with van der Waals surface area (Å²) < 4.78 is 5.18. The lowest BCUT2D eigenvalue weighted by Crippen LogP contribution is -2.52. The van der Waals surface area contributed by atoms with Gasteiger partial charge in [0.2, 0.25) is 11.8 Å². The molecular weight excluding hydrogens is 528 g/mol. The van der Waals surface area contributed by atoms with Crippen LogP contribution in [0.25, 0.3) is 11.1 Å². The number of rotatable bonds is 12. The Kier molecular flexibility index (Phi) is 9.43. The number of nitrogens with zero attached hydrogens (tertiary/aromatic N) is 1. The Balaban J connectivity index is 1.23. The topological polar surface area (TPSA) is 154 Å². The molecule has 0 fully saturated rings. The maximum absolute atomic E-state index is 12.5. The van der Waals surface area contributed by atoms with Crippen molar-refractivity contribution in [1.29, 1.82) is 0 Å². The number of nitrogens with one attached hydrogen (secondary N) is 3. The van der Waals surface area contributed by atoms with Crippen molar-refractivity contribution in [2.75, 3.05) is 20.2 Å². The van der Waals surface area contributed by atoms with Crippen LogP contribution in [0.2, 0.25) is 0 Å². The average Bonchev–Trinajstić information content (AvgIpc) is 3.25. The molecule has 0 bridgehead atoms. The largest absolute Gasteiger partial charge is 0.497 e. The fourth-order valence-corrected chi connectivity index (χ4v) is 4.42. The monoisotopic (exact) mass is 558 g/mol. The van der Waals surface area contributed by atoms with Crippen molar-refractivity contribution in [3.05, 3.63) is 89.5 Å². The van der Waals surface area contributed by atoms with Gasteiger partial charge >= 0.3 is 0 Å². The molecule has 0 unspecified atom stereocenters. The first kappa shape index (κ1) is 29.0. The molecule has 1 atom stereocenters. The van der Waals surface area contributed by atoms with Gasteiger partial charge in [-0.2, -0.15) is 0 Å². The minimum atomic E-state index is -1.26. The van der Waals surface area contributed by atoms with Crippen molar-refractivity contribution in [3.63, 3.8) is 0 Å². The van der Waals surface area contributed by atoms with Gasteiger partial charge in [-0.05, 0) is 47.4 Å². The molecule has 0 aliphatic carbocycles. The van der Waals surface area contributed by atoms with Crippen LogP contribution in [0.3, 0.4) is 0 Å². The van der Waals surface area contributed by atoms with E-state index in [1.54, 1.807) is 19.2 Å². The van der Waals surface area contributed by atoms with Crippen molar-refractivity contribution in [2.45, 2.75) is 25.3 Å². The normalized spacial score (nSPS) is 12.9. The fourth-order valence-electron chi connectivity index (χ4n) is 4.42. The van der Waals surface area contributed by atoms with Gasteiger partial charge in [0.1, 0.15) is 11.8 Å². The molecule has 1 aliphatic rings. The molecule has 1 aliphatic heterocycles. The van der Waals surface area contributed by atoms with Crippen molar-refractivity contribution < 1.29 is 33.9 Å². The van der Waals surface area contributed by atoms with Gasteiger partial charge in [0.15, 0.2) is 0 Å². The zero-order valence-corrected chi connectivity index (χ0v) is 22.4.